The zero-order valence-corrected chi connectivity index (χ0v) is 18.2. The second-order valence-electron chi connectivity index (χ2n) is 7.33. The molecule has 2 unspecified atom stereocenters. The summed E-state index contributed by atoms with van der Waals surface area (Å²) in [6.07, 6.45) is 0.171. The van der Waals surface area contributed by atoms with E-state index in [0.29, 0.717) is 25.7 Å². The summed E-state index contributed by atoms with van der Waals surface area (Å²) in [5.74, 6) is 1.69. The quantitative estimate of drug-likeness (QED) is 0.316. The number of likely N-dealkylation sites (tertiary alicyclic amines) is 1. The molecule has 150 valence electrons. The molecule has 1 fully saturated rings. The van der Waals surface area contributed by atoms with Crippen LogP contribution in [0.5, 0.6) is 0 Å². The molecular weight excluding hydrogens is 444 g/mol. The van der Waals surface area contributed by atoms with Crippen molar-refractivity contribution >= 4 is 29.9 Å². The molecule has 0 saturated carbocycles. The van der Waals surface area contributed by atoms with E-state index in [1.807, 2.05) is 0 Å². The van der Waals surface area contributed by atoms with Crippen molar-refractivity contribution < 1.29 is 13.2 Å². The molecular formula is C17H34F3IN4. The monoisotopic (exact) mass is 478 g/mol. The Balaban J connectivity index is 0.00000576. The molecule has 0 aromatic heterocycles. The highest BCUT2D eigenvalue weighted by atomic mass is 127. The van der Waals surface area contributed by atoms with Crippen molar-refractivity contribution in [2.75, 3.05) is 33.2 Å². The largest absolute Gasteiger partial charge is 0.401 e. The van der Waals surface area contributed by atoms with Crippen molar-refractivity contribution in [1.29, 1.82) is 0 Å². The summed E-state index contributed by atoms with van der Waals surface area (Å²) in [5, 5.41) is 6.61. The number of nitrogens with zero attached hydrogens (tertiary/aromatic N) is 2. The molecule has 0 aromatic rings. The highest BCUT2D eigenvalue weighted by Crippen LogP contribution is 2.22. The fraction of sp³-hybridized carbons (Fsp3) is 0.941. The van der Waals surface area contributed by atoms with Crippen LogP contribution in [-0.4, -0.2) is 56.3 Å². The van der Waals surface area contributed by atoms with Crippen molar-refractivity contribution in [2.45, 2.75) is 58.7 Å². The topological polar surface area (TPSA) is 39.7 Å². The summed E-state index contributed by atoms with van der Waals surface area (Å²) >= 11 is 0. The van der Waals surface area contributed by atoms with Gasteiger partial charge < -0.3 is 10.6 Å². The van der Waals surface area contributed by atoms with Crippen molar-refractivity contribution in [2.24, 2.45) is 16.8 Å². The smallest absolute Gasteiger partial charge is 0.356 e. The average molecular weight is 478 g/mol. The fourth-order valence-electron chi connectivity index (χ4n) is 3.05. The van der Waals surface area contributed by atoms with E-state index in [1.165, 1.54) is 17.7 Å². The first-order valence-electron chi connectivity index (χ1n) is 8.96. The van der Waals surface area contributed by atoms with Crippen molar-refractivity contribution in [3.05, 3.63) is 0 Å². The number of aliphatic imine (C=N–C) groups is 1. The Hall–Kier alpha value is -0.250. The van der Waals surface area contributed by atoms with Gasteiger partial charge in [0, 0.05) is 26.2 Å². The zero-order valence-electron chi connectivity index (χ0n) is 15.8. The summed E-state index contributed by atoms with van der Waals surface area (Å²) in [4.78, 5) is 5.69. The average Bonchev–Trinajstić information content (AvgIpc) is 2.88. The lowest BCUT2D eigenvalue weighted by molar-refractivity contribution is -0.143. The van der Waals surface area contributed by atoms with Gasteiger partial charge in [-0.05, 0) is 38.1 Å². The predicted molar refractivity (Wildman–Crippen MR) is 109 cm³/mol. The molecule has 4 nitrogen and oxygen atoms in total. The minimum atomic E-state index is -4.11. The van der Waals surface area contributed by atoms with Gasteiger partial charge in [-0.15, -0.1) is 24.0 Å². The van der Waals surface area contributed by atoms with E-state index in [4.69, 9.17) is 0 Å². The molecule has 0 aromatic carbocycles. The number of halogens is 4. The van der Waals surface area contributed by atoms with Crippen LogP contribution < -0.4 is 10.6 Å². The maximum Gasteiger partial charge on any atom is 0.401 e. The third-order valence-electron chi connectivity index (χ3n) is 4.36. The van der Waals surface area contributed by atoms with Gasteiger partial charge in [0.25, 0.3) is 0 Å². The minimum Gasteiger partial charge on any atom is -0.356 e. The van der Waals surface area contributed by atoms with Crippen LogP contribution in [0.4, 0.5) is 13.2 Å². The first kappa shape index (κ1) is 24.8. The summed E-state index contributed by atoms with van der Waals surface area (Å²) in [7, 11) is 1.72. The number of hydrogen-bond donors (Lipinski definition) is 2. The van der Waals surface area contributed by atoms with E-state index in [9.17, 15) is 13.2 Å². The molecule has 1 aliphatic heterocycles. The number of rotatable bonds is 8. The van der Waals surface area contributed by atoms with Gasteiger partial charge in [-0.25, -0.2) is 0 Å². The maximum absolute atomic E-state index is 12.4. The third kappa shape index (κ3) is 11.9. The molecule has 25 heavy (non-hydrogen) atoms. The SMILES string of the molecule is CN=C(NCC1CCN(CC(F)(F)F)C1)NC(C)CCCC(C)C.I. The van der Waals surface area contributed by atoms with E-state index in [2.05, 4.69) is 36.4 Å². The lowest BCUT2D eigenvalue weighted by atomic mass is 10.0. The molecule has 0 radical (unpaired) electrons. The molecule has 2 N–H and O–H groups in total. The molecule has 0 aliphatic carbocycles. The van der Waals surface area contributed by atoms with Gasteiger partial charge in [0.05, 0.1) is 6.54 Å². The van der Waals surface area contributed by atoms with Gasteiger partial charge in [0.2, 0.25) is 0 Å². The summed E-state index contributed by atoms with van der Waals surface area (Å²) in [6.45, 7) is 7.45. The first-order valence-corrected chi connectivity index (χ1v) is 8.96. The molecule has 0 bridgehead atoms. The number of alkyl halides is 3. The second-order valence-corrected chi connectivity index (χ2v) is 7.33. The Morgan fingerprint density at radius 1 is 1.24 bits per heavy atom. The highest BCUT2D eigenvalue weighted by molar-refractivity contribution is 14.0. The van der Waals surface area contributed by atoms with Gasteiger partial charge in [0.15, 0.2) is 5.96 Å². The lowest BCUT2D eigenvalue weighted by Gasteiger charge is -2.20. The van der Waals surface area contributed by atoms with Crippen LogP contribution in [0.1, 0.15) is 46.5 Å². The van der Waals surface area contributed by atoms with Crippen LogP contribution in [0.25, 0.3) is 0 Å². The standard InChI is InChI=1S/C17H33F3N4.HI/c1-13(2)6-5-7-14(3)23-16(21-4)22-10-15-8-9-24(11-15)12-17(18,19)20;/h13-15H,5-12H2,1-4H3,(H2,21,22,23);1H. The predicted octanol–water partition coefficient (Wildman–Crippen LogP) is 3.87. The van der Waals surface area contributed by atoms with Crippen LogP contribution >= 0.6 is 24.0 Å². The van der Waals surface area contributed by atoms with E-state index in [0.717, 1.165) is 24.7 Å². The Kier molecular flexibility index (Phi) is 12.1. The molecule has 1 heterocycles. The van der Waals surface area contributed by atoms with Gasteiger partial charge in [0.1, 0.15) is 0 Å². The molecule has 0 amide bonds. The van der Waals surface area contributed by atoms with E-state index < -0.39 is 12.7 Å². The van der Waals surface area contributed by atoms with Crippen LogP contribution in [0.3, 0.4) is 0 Å². The molecule has 1 aliphatic rings. The second kappa shape index (κ2) is 12.2. The van der Waals surface area contributed by atoms with Crippen LogP contribution in [0, 0.1) is 11.8 Å². The Morgan fingerprint density at radius 3 is 2.48 bits per heavy atom. The van der Waals surface area contributed by atoms with Crippen LogP contribution in [0.15, 0.2) is 4.99 Å². The number of hydrogen-bond acceptors (Lipinski definition) is 2. The molecule has 1 rings (SSSR count). The van der Waals surface area contributed by atoms with Crippen LogP contribution in [0.2, 0.25) is 0 Å². The van der Waals surface area contributed by atoms with Gasteiger partial charge in [-0.3, -0.25) is 9.89 Å². The summed E-state index contributed by atoms with van der Waals surface area (Å²) < 4.78 is 37.2. The number of nitrogens with one attached hydrogen (secondary N) is 2. The van der Waals surface area contributed by atoms with E-state index >= 15 is 0 Å². The van der Waals surface area contributed by atoms with Crippen molar-refractivity contribution in [3.63, 3.8) is 0 Å². The molecule has 8 heteroatoms. The molecule has 2 atom stereocenters. The van der Waals surface area contributed by atoms with Crippen LogP contribution in [-0.2, 0) is 0 Å². The minimum absolute atomic E-state index is 0. The van der Waals surface area contributed by atoms with E-state index in [1.54, 1.807) is 7.05 Å². The molecule has 1 saturated heterocycles. The third-order valence-corrected chi connectivity index (χ3v) is 4.36. The summed E-state index contributed by atoms with van der Waals surface area (Å²) in [5.41, 5.74) is 0. The summed E-state index contributed by atoms with van der Waals surface area (Å²) in [6, 6.07) is 0.334. The Bertz CT molecular complexity index is 389. The van der Waals surface area contributed by atoms with Gasteiger partial charge in [-0.1, -0.05) is 26.7 Å². The van der Waals surface area contributed by atoms with E-state index in [-0.39, 0.29) is 29.9 Å². The molecule has 0 spiro atoms. The first-order chi connectivity index (χ1) is 11.2. The lowest BCUT2D eigenvalue weighted by Crippen LogP contribution is -2.44. The maximum atomic E-state index is 12.4. The zero-order chi connectivity index (χ0) is 18.2. The van der Waals surface area contributed by atoms with Gasteiger partial charge in [-0.2, -0.15) is 13.2 Å². The Morgan fingerprint density at radius 2 is 1.92 bits per heavy atom. The van der Waals surface area contributed by atoms with Crippen molar-refractivity contribution in [3.8, 4) is 0 Å². The van der Waals surface area contributed by atoms with Gasteiger partial charge >= 0.3 is 6.18 Å². The Labute approximate surface area is 167 Å². The normalized spacial score (nSPS) is 20.5. The fourth-order valence-corrected chi connectivity index (χ4v) is 3.05. The highest BCUT2D eigenvalue weighted by Gasteiger charge is 2.34. The van der Waals surface area contributed by atoms with Crippen molar-refractivity contribution in [1.82, 2.24) is 15.5 Å². The number of guanidine groups is 1.